The zero-order chi connectivity index (χ0) is 9.26. The van der Waals surface area contributed by atoms with Gasteiger partial charge in [0.1, 0.15) is 5.82 Å². The molecule has 2 rings (SSSR count). The summed E-state index contributed by atoms with van der Waals surface area (Å²) in [5, 5.41) is 3.59. The first-order chi connectivity index (χ1) is 6.27. The van der Waals surface area contributed by atoms with Crippen molar-refractivity contribution in [2.45, 2.75) is 0 Å². The molecular formula is C8H7ClFN3O. The van der Waals surface area contributed by atoms with E-state index in [1.165, 1.54) is 24.6 Å². The molecule has 14 heavy (non-hydrogen) atoms. The van der Waals surface area contributed by atoms with Gasteiger partial charge in [-0.2, -0.15) is 4.98 Å². The smallest absolute Gasteiger partial charge is 0.214 e. The summed E-state index contributed by atoms with van der Waals surface area (Å²) in [7, 11) is 0. The normalized spacial score (nSPS) is 9.50. The fraction of sp³-hybridized carbons (Fsp3) is 0. The Morgan fingerprint density at radius 1 is 1.36 bits per heavy atom. The van der Waals surface area contributed by atoms with Crippen LogP contribution in [0.3, 0.4) is 0 Å². The number of benzene rings is 1. The molecule has 0 atom stereocenters. The quantitative estimate of drug-likeness (QED) is 0.738. The molecule has 0 aliphatic heterocycles. The monoisotopic (exact) mass is 215 g/mol. The third-order valence-corrected chi connectivity index (χ3v) is 1.62. The van der Waals surface area contributed by atoms with Crippen LogP contribution in [0.25, 0.3) is 11.4 Å². The van der Waals surface area contributed by atoms with Crippen molar-refractivity contribution in [2.24, 2.45) is 0 Å². The number of anilines is 1. The van der Waals surface area contributed by atoms with Crippen molar-refractivity contribution in [1.29, 1.82) is 0 Å². The first-order valence-electron chi connectivity index (χ1n) is 3.59. The molecule has 1 aromatic carbocycles. The minimum absolute atomic E-state index is 0. The maximum absolute atomic E-state index is 12.8. The summed E-state index contributed by atoms with van der Waals surface area (Å²) < 4.78 is 17.3. The Balaban J connectivity index is 0.000000980. The van der Waals surface area contributed by atoms with Gasteiger partial charge in [-0.1, -0.05) is 5.16 Å². The number of nitrogens with two attached hydrogens (primary N) is 1. The van der Waals surface area contributed by atoms with E-state index in [1.54, 1.807) is 0 Å². The molecule has 0 radical (unpaired) electrons. The molecule has 0 saturated carbocycles. The van der Waals surface area contributed by atoms with Gasteiger partial charge in [-0.15, -0.1) is 12.4 Å². The van der Waals surface area contributed by atoms with E-state index < -0.39 is 5.82 Å². The highest BCUT2D eigenvalue weighted by molar-refractivity contribution is 5.85. The fourth-order valence-electron chi connectivity index (χ4n) is 0.981. The average Bonchev–Trinajstić information content (AvgIpc) is 2.62. The van der Waals surface area contributed by atoms with Gasteiger partial charge in [0, 0.05) is 5.56 Å². The molecule has 1 heterocycles. The Morgan fingerprint density at radius 3 is 2.71 bits per heavy atom. The lowest BCUT2D eigenvalue weighted by Crippen LogP contribution is -1.91. The Morgan fingerprint density at radius 2 is 2.14 bits per heavy atom. The molecule has 0 fully saturated rings. The average molecular weight is 216 g/mol. The molecule has 0 aliphatic carbocycles. The van der Waals surface area contributed by atoms with E-state index in [4.69, 9.17) is 5.73 Å². The highest BCUT2D eigenvalue weighted by Gasteiger charge is 2.05. The van der Waals surface area contributed by atoms with Gasteiger partial charge >= 0.3 is 0 Å². The minimum Gasteiger partial charge on any atom is -0.396 e. The predicted molar refractivity (Wildman–Crippen MR) is 51.4 cm³/mol. The molecule has 0 saturated heterocycles. The molecule has 0 spiro atoms. The second-order valence-corrected chi connectivity index (χ2v) is 2.49. The van der Waals surface area contributed by atoms with Crippen molar-refractivity contribution >= 4 is 18.1 Å². The molecule has 0 bridgehead atoms. The maximum atomic E-state index is 12.8. The molecule has 2 N–H and O–H groups in total. The molecule has 0 unspecified atom stereocenters. The Hall–Kier alpha value is -1.62. The summed E-state index contributed by atoms with van der Waals surface area (Å²) in [5.74, 6) is -0.0565. The number of halogens is 2. The molecule has 1 aromatic heterocycles. The third-order valence-electron chi connectivity index (χ3n) is 1.62. The number of aromatic nitrogens is 2. The molecule has 0 amide bonds. The van der Waals surface area contributed by atoms with Gasteiger partial charge in [0.15, 0.2) is 0 Å². The summed E-state index contributed by atoms with van der Waals surface area (Å²) >= 11 is 0. The molecule has 6 heteroatoms. The van der Waals surface area contributed by atoms with E-state index in [1.807, 2.05) is 0 Å². The van der Waals surface area contributed by atoms with Crippen molar-refractivity contribution < 1.29 is 8.91 Å². The van der Waals surface area contributed by atoms with E-state index >= 15 is 0 Å². The minimum atomic E-state index is -0.452. The number of nitrogen functional groups attached to an aromatic ring is 1. The lowest BCUT2D eigenvalue weighted by Gasteiger charge is -1.97. The van der Waals surface area contributed by atoms with Gasteiger partial charge < -0.3 is 10.3 Å². The second-order valence-electron chi connectivity index (χ2n) is 2.49. The Labute approximate surface area is 85.3 Å². The van der Waals surface area contributed by atoms with Crippen molar-refractivity contribution in [3.63, 3.8) is 0 Å². The lowest BCUT2D eigenvalue weighted by molar-refractivity contribution is 0.419. The van der Waals surface area contributed by atoms with E-state index in [-0.39, 0.29) is 18.1 Å². The standard InChI is InChI=1S/C8H6FN3O.ClH/c9-6-2-1-5(3-7(6)10)8-11-4-13-12-8;/h1-4H,10H2;1H. The van der Waals surface area contributed by atoms with Gasteiger partial charge in [-0.05, 0) is 18.2 Å². The lowest BCUT2D eigenvalue weighted by atomic mass is 10.2. The zero-order valence-corrected chi connectivity index (χ0v) is 7.79. The van der Waals surface area contributed by atoms with Gasteiger partial charge in [-0.25, -0.2) is 4.39 Å². The van der Waals surface area contributed by atoms with Crippen LogP contribution < -0.4 is 5.73 Å². The van der Waals surface area contributed by atoms with E-state index in [0.717, 1.165) is 0 Å². The van der Waals surface area contributed by atoms with Crippen LogP contribution in [-0.4, -0.2) is 10.1 Å². The van der Waals surface area contributed by atoms with Crippen LogP contribution in [0, 0.1) is 5.82 Å². The van der Waals surface area contributed by atoms with Crippen molar-refractivity contribution in [3.05, 3.63) is 30.4 Å². The molecule has 4 nitrogen and oxygen atoms in total. The fourth-order valence-corrected chi connectivity index (χ4v) is 0.981. The van der Waals surface area contributed by atoms with Gasteiger partial charge in [0.05, 0.1) is 5.69 Å². The summed E-state index contributed by atoms with van der Waals surface area (Å²) in [5.41, 5.74) is 6.07. The van der Waals surface area contributed by atoms with Gasteiger partial charge in [0.2, 0.25) is 12.2 Å². The number of nitrogens with zero attached hydrogens (tertiary/aromatic N) is 2. The number of hydrogen-bond donors (Lipinski definition) is 1. The zero-order valence-electron chi connectivity index (χ0n) is 6.98. The third kappa shape index (κ3) is 1.82. The van der Waals surface area contributed by atoms with E-state index in [0.29, 0.717) is 11.4 Å². The van der Waals surface area contributed by atoms with E-state index in [2.05, 4.69) is 14.7 Å². The molecule has 0 aliphatic rings. The van der Waals surface area contributed by atoms with Gasteiger partial charge in [-0.3, -0.25) is 0 Å². The Kier molecular flexibility index (Phi) is 3.03. The van der Waals surface area contributed by atoms with Crippen molar-refractivity contribution in [2.75, 3.05) is 5.73 Å². The predicted octanol–water partition coefficient (Wildman–Crippen LogP) is 1.88. The molecular weight excluding hydrogens is 209 g/mol. The summed E-state index contributed by atoms with van der Waals surface area (Å²) in [6, 6.07) is 4.26. The molecule has 2 aromatic rings. The van der Waals surface area contributed by atoms with Crippen LogP contribution in [0.4, 0.5) is 10.1 Å². The molecule has 74 valence electrons. The number of hydrogen-bond acceptors (Lipinski definition) is 4. The summed E-state index contributed by atoms with van der Waals surface area (Å²) in [6.07, 6.45) is 1.20. The van der Waals surface area contributed by atoms with Crippen LogP contribution in [0.5, 0.6) is 0 Å². The summed E-state index contributed by atoms with van der Waals surface area (Å²) in [4.78, 5) is 3.80. The highest BCUT2D eigenvalue weighted by atomic mass is 35.5. The Bertz CT molecular complexity index is 419. The SMILES string of the molecule is Cl.Nc1cc(-c2ncon2)ccc1F. The van der Waals surface area contributed by atoms with Crippen molar-refractivity contribution in [3.8, 4) is 11.4 Å². The summed E-state index contributed by atoms with van der Waals surface area (Å²) in [6.45, 7) is 0. The van der Waals surface area contributed by atoms with E-state index in [9.17, 15) is 4.39 Å². The number of rotatable bonds is 1. The van der Waals surface area contributed by atoms with Crippen molar-refractivity contribution in [1.82, 2.24) is 10.1 Å². The second kappa shape index (κ2) is 4.06. The van der Waals surface area contributed by atoms with Crippen LogP contribution in [0.15, 0.2) is 29.1 Å². The van der Waals surface area contributed by atoms with Crippen LogP contribution in [0.1, 0.15) is 0 Å². The highest BCUT2D eigenvalue weighted by Crippen LogP contribution is 2.19. The first kappa shape index (κ1) is 10.5. The van der Waals surface area contributed by atoms with Crippen LogP contribution in [-0.2, 0) is 0 Å². The topological polar surface area (TPSA) is 64.9 Å². The van der Waals surface area contributed by atoms with Crippen LogP contribution >= 0.6 is 12.4 Å². The van der Waals surface area contributed by atoms with Crippen LogP contribution in [0.2, 0.25) is 0 Å². The first-order valence-corrected chi connectivity index (χ1v) is 3.59. The maximum Gasteiger partial charge on any atom is 0.214 e. The van der Waals surface area contributed by atoms with Gasteiger partial charge in [0.25, 0.3) is 0 Å². The largest absolute Gasteiger partial charge is 0.396 e.